The van der Waals surface area contributed by atoms with Crippen LogP contribution in [0.3, 0.4) is 0 Å². The molecule has 2 aromatic rings. The van der Waals surface area contributed by atoms with E-state index in [0.29, 0.717) is 18.9 Å². The van der Waals surface area contributed by atoms with Gasteiger partial charge >= 0.3 is 0 Å². The quantitative estimate of drug-likeness (QED) is 0.669. The highest BCUT2D eigenvalue weighted by Crippen LogP contribution is 2.27. The molecule has 32 heavy (non-hydrogen) atoms. The molecule has 0 bridgehead atoms. The van der Waals surface area contributed by atoms with Crippen LogP contribution in [0.15, 0.2) is 47.4 Å². The Labute approximate surface area is 187 Å². The molecule has 1 atom stereocenters. The third-order valence-electron chi connectivity index (χ3n) is 5.42. The van der Waals surface area contributed by atoms with Crippen LogP contribution in [0.4, 0.5) is 8.78 Å². The summed E-state index contributed by atoms with van der Waals surface area (Å²) < 4.78 is 59.7. The Morgan fingerprint density at radius 3 is 2.44 bits per heavy atom. The molecule has 174 valence electrons. The molecular formula is C23H28F2N2O4S. The van der Waals surface area contributed by atoms with Crippen molar-refractivity contribution in [1.82, 2.24) is 9.62 Å². The van der Waals surface area contributed by atoms with E-state index < -0.39 is 26.6 Å². The zero-order valence-corrected chi connectivity index (χ0v) is 19.2. The number of amides is 1. The minimum absolute atomic E-state index is 0.0393. The minimum Gasteiger partial charge on any atom is -0.491 e. The first kappa shape index (κ1) is 24.1. The molecule has 1 amide bonds. The summed E-state index contributed by atoms with van der Waals surface area (Å²) in [6, 6.07) is 9.61. The molecule has 2 aromatic carbocycles. The topological polar surface area (TPSA) is 75.7 Å². The van der Waals surface area contributed by atoms with Gasteiger partial charge in [-0.15, -0.1) is 0 Å². The van der Waals surface area contributed by atoms with Gasteiger partial charge in [0.15, 0.2) is 0 Å². The highest BCUT2D eigenvalue weighted by atomic mass is 32.2. The van der Waals surface area contributed by atoms with Crippen molar-refractivity contribution in [3.05, 3.63) is 59.7 Å². The maximum atomic E-state index is 14.0. The van der Waals surface area contributed by atoms with Gasteiger partial charge in [0.05, 0.1) is 12.1 Å². The number of hydrogen-bond acceptors (Lipinski definition) is 4. The number of carbonyl (C=O) groups is 1. The lowest BCUT2D eigenvalue weighted by molar-refractivity contribution is -0.126. The molecule has 6 nitrogen and oxygen atoms in total. The molecule has 1 N–H and O–H groups in total. The van der Waals surface area contributed by atoms with Gasteiger partial charge in [-0.05, 0) is 69.5 Å². The lowest BCUT2D eigenvalue weighted by Crippen LogP contribution is -2.43. The van der Waals surface area contributed by atoms with Gasteiger partial charge in [-0.3, -0.25) is 4.79 Å². The normalized spacial score (nSPS) is 16.7. The molecule has 1 fully saturated rings. The van der Waals surface area contributed by atoms with Gasteiger partial charge < -0.3 is 10.1 Å². The average Bonchev–Trinajstić information content (AvgIpc) is 2.75. The van der Waals surface area contributed by atoms with Crippen molar-refractivity contribution >= 4 is 15.9 Å². The van der Waals surface area contributed by atoms with Crippen molar-refractivity contribution in [2.75, 3.05) is 13.1 Å². The number of ether oxygens (including phenoxy) is 1. The third-order valence-corrected chi connectivity index (χ3v) is 7.34. The van der Waals surface area contributed by atoms with Gasteiger partial charge in [0, 0.05) is 19.0 Å². The Morgan fingerprint density at radius 2 is 1.78 bits per heavy atom. The van der Waals surface area contributed by atoms with Crippen LogP contribution in [0.25, 0.3) is 0 Å². The Morgan fingerprint density at radius 1 is 1.09 bits per heavy atom. The zero-order valence-electron chi connectivity index (χ0n) is 18.3. The zero-order chi connectivity index (χ0) is 23.5. The number of benzene rings is 2. The largest absolute Gasteiger partial charge is 0.491 e. The van der Waals surface area contributed by atoms with Gasteiger partial charge in [0.2, 0.25) is 15.9 Å². The summed E-state index contributed by atoms with van der Waals surface area (Å²) in [4.78, 5) is 12.1. The van der Waals surface area contributed by atoms with Crippen LogP contribution in [0.5, 0.6) is 5.75 Å². The first-order chi connectivity index (χ1) is 15.1. The van der Waals surface area contributed by atoms with Crippen molar-refractivity contribution < 1.29 is 26.7 Å². The second-order valence-corrected chi connectivity index (χ2v) is 10.1. The Kier molecular flexibility index (Phi) is 7.51. The molecule has 0 saturated carbocycles. The smallest absolute Gasteiger partial charge is 0.246 e. The SMILES string of the molecule is CC(C)Oc1cccc(C(C)NC(=O)C2CCN(S(=O)(=O)c3cc(F)ccc3F)CC2)c1. The maximum Gasteiger partial charge on any atom is 0.246 e. The second kappa shape index (κ2) is 9.95. The highest BCUT2D eigenvalue weighted by molar-refractivity contribution is 7.89. The predicted molar refractivity (Wildman–Crippen MR) is 117 cm³/mol. The lowest BCUT2D eigenvalue weighted by atomic mass is 9.96. The standard InChI is InChI=1S/C23H28F2N2O4S/c1-15(2)31-20-6-4-5-18(13-20)16(3)26-23(28)17-9-11-27(12-10-17)32(29,30)22-14-19(24)7-8-21(22)25/h4-8,13-17H,9-12H2,1-3H3,(H,26,28). The summed E-state index contributed by atoms with van der Waals surface area (Å²) in [5, 5.41) is 2.98. The van der Waals surface area contributed by atoms with Crippen LogP contribution in [0, 0.1) is 17.6 Å². The van der Waals surface area contributed by atoms with Crippen molar-refractivity contribution in [3.8, 4) is 5.75 Å². The molecule has 1 unspecified atom stereocenters. The Balaban J connectivity index is 1.60. The fraction of sp³-hybridized carbons (Fsp3) is 0.435. The summed E-state index contributed by atoms with van der Waals surface area (Å²) in [5.41, 5.74) is 0.901. The summed E-state index contributed by atoms with van der Waals surface area (Å²) >= 11 is 0. The number of carbonyl (C=O) groups excluding carboxylic acids is 1. The van der Waals surface area contributed by atoms with Crippen LogP contribution < -0.4 is 10.1 Å². The van der Waals surface area contributed by atoms with Crippen molar-refractivity contribution in [1.29, 1.82) is 0 Å². The van der Waals surface area contributed by atoms with Gasteiger partial charge in [-0.1, -0.05) is 12.1 Å². The van der Waals surface area contributed by atoms with E-state index in [1.165, 1.54) is 0 Å². The van der Waals surface area contributed by atoms with E-state index in [2.05, 4.69) is 5.32 Å². The predicted octanol–water partition coefficient (Wildman–Crippen LogP) is 4.03. The van der Waals surface area contributed by atoms with E-state index >= 15 is 0 Å². The van der Waals surface area contributed by atoms with E-state index in [0.717, 1.165) is 27.8 Å². The number of halogens is 2. The second-order valence-electron chi connectivity index (χ2n) is 8.22. The summed E-state index contributed by atoms with van der Waals surface area (Å²) in [5.74, 6) is -1.63. The molecule has 1 aliphatic heterocycles. The minimum atomic E-state index is -4.17. The van der Waals surface area contributed by atoms with Crippen LogP contribution in [0.1, 0.15) is 45.2 Å². The van der Waals surface area contributed by atoms with Crippen molar-refractivity contribution in [3.63, 3.8) is 0 Å². The van der Waals surface area contributed by atoms with Gasteiger partial charge in [0.25, 0.3) is 0 Å². The number of hydrogen-bond donors (Lipinski definition) is 1. The molecule has 1 saturated heterocycles. The van der Waals surface area contributed by atoms with Crippen molar-refractivity contribution in [2.45, 2.75) is 50.7 Å². The van der Waals surface area contributed by atoms with E-state index in [1.807, 2.05) is 45.0 Å². The number of piperidine rings is 1. The number of sulfonamides is 1. The average molecular weight is 467 g/mol. The van der Waals surface area contributed by atoms with E-state index in [-0.39, 0.29) is 37.1 Å². The molecular weight excluding hydrogens is 438 g/mol. The van der Waals surface area contributed by atoms with Gasteiger partial charge in [0.1, 0.15) is 22.3 Å². The summed E-state index contributed by atoms with van der Waals surface area (Å²) in [6.45, 7) is 5.86. The fourth-order valence-corrected chi connectivity index (χ4v) is 5.26. The van der Waals surface area contributed by atoms with Crippen molar-refractivity contribution in [2.24, 2.45) is 5.92 Å². The number of nitrogens with zero attached hydrogens (tertiary/aromatic N) is 1. The Bertz CT molecular complexity index is 1070. The molecule has 3 rings (SSSR count). The molecule has 1 aliphatic rings. The molecule has 0 spiro atoms. The van der Waals surface area contributed by atoms with E-state index in [9.17, 15) is 22.0 Å². The van der Waals surface area contributed by atoms with Gasteiger partial charge in [-0.25, -0.2) is 17.2 Å². The monoisotopic (exact) mass is 466 g/mol. The van der Waals surface area contributed by atoms with E-state index in [1.54, 1.807) is 0 Å². The maximum absolute atomic E-state index is 14.0. The molecule has 0 radical (unpaired) electrons. The molecule has 0 aromatic heterocycles. The van der Waals surface area contributed by atoms with Gasteiger partial charge in [-0.2, -0.15) is 4.31 Å². The number of rotatable bonds is 7. The number of nitrogens with one attached hydrogen (secondary N) is 1. The highest BCUT2D eigenvalue weighted by Gasteiger charge is 2.34. The third kappa shape index (κ3) is 5.63. The lowest BCUT2D eigenvalue weighted by Gasteiger charge is -2.31. The molecule has 9 heteroatoms. The van der Waals surface area contributed by atoms with Crippen LogP contribution >= 0.6 is 0 Å². The molecule has 1 heterocycles. The fourth-order valence-electron chi connectivity index (χ4n) is 3.72. The first-order valence-corrected chi connectivity index (χ1v) is 12.0. The summed E-state index contributed by atoms with van der Waals surface area (Å²) in [7, 11) is -4.17. The summed E-state index contributed by atoms with van der Waals surface area (Å²) in [6.07, 6.45) is 0.633. The molecule has 0 aliphatic carbocycles. The van der Waals surface area contributed by atoms with E-state index in [4.69, 9.17) is 4.74 Å². The van der Waals surface area contributed by atoms with Crippen LogP contribution in [-0.4, -0.2) is 37.8 Å². The first-order valence-electron chi connectivity index (χ1n) is 10.6. The van der Waals surface area contributed by atoms with Crippen LogP contribution in [0.2, 0.25) is 0 Å². The van der Waals surface area contributed by atoms with Crippen LogP contribution in [-0.2, 0) is 14.8 Å². The Hall–Kier alpha value is -2.52.